The van der Waals surface area contributed by atoms with Crippen molar-refractivity contribution < 1.29 is 23.6 Å². The molecular weight excluding hydrogens is 612 g/mol. The predicted octanol–water partition coefficient (Wildman–Crippen LogP) is 8.57. The number of carboxylic acids is 1. The van der Waals surface area contributed by atoms with E-state index in [-0.39, 0.29) is 22.6 Å². The Bertz CT molecular complexity index is 1710. The monoisotopic (exact) mass is 641 g/mol. The minimum Gasteiger partial charge on any atom is -0.478 e. The van der Waals surface area contributed by atoms with Crippen molar-refractivity contribution in [2.75, 3.05) is 18.0 Å². The van der Waals surface area contributed by atoms with Gasteiger partial charge in [0.2, 0.25) is 0 Å². The number of ether oxygens (including phenoxy) is 1. The van der Waals surface area contributed by atoms with Gasteiger partial charge >= 0.3 is 5.97 Å². The van der Waals surface area contributed by atoms with Crippen molar-refractivity contribution in [3.63, 3.8) is 0 Å². The highest BCUT2D eigenvalue weighted by atomic mass is 35.5. The molecule has 3 saturated carbocycles. The number of carbonyl (C=O) groups is 1. The maximum atomic E-state index is 14.7. The SMILES string of the molecule is O=C(O)c1cc(F)c2nc(N3CC4CCCC(C3)C43CC(OCc4c(-c5c(Cl)cccc5Cl)noc4C4CC4)C3)sc2c1. The van der Waals surface area contributed by atoms with Crippen LogP contribution in [0.25, 0.3) is 21.5 Å². The Balaban J connectivity index is 0.984. The minimum absolute atomic E-state index is 0.0484. The summed E-state index contributed by atoms with van der Waals surface area (Å²) in [5.41, 5.74) is 2.79. The molecule has 3 aliphatic carbocycles. The largest absolute Gasteiger partial charge is 0.478 e. The molecule has 4 aliphatic rings. The number of halogens is 3. The molecule has 2 bridgehead atoms. The molecule has 1 N–H and O–H groups in total. The van der Waals surface area contributed by atoms with E-state index < -0.39 is 11.8 Å². The summed E-state index contributed by atoms with van der Waals surface area (Å²) < 4.78 is 27.7. The lowest BCUT2D eigenvalue weighted by Gasteiger charge is -2.63. The summed E-state index contributed by atoms with van der Waals surface area (Å²) in [4.78, 5) is 18.3. The maximum absolute atomic E-state index is 14.7. The van der Waals surface area contributed by atoms with Gasteiger partial charge in [-0.15, -0.1) is 0 Å². The van der Waals surface area contributed by atoms with E-state index in [2.05, 4.69) is 15.0 Å². The summed E-state index contributed by atoms with van der Waals surface area (Å²) in [5.74, 6) is 0.589. The second-order valence-corrected chi connectivity index (χ2v) is 14.5. The number of rotatable bonds is 7. The number of piperidine rings is 1. The molecule has 43 heavy (non-hydrogen) atoms. The van der Waals surface area contributed by atoms with Crippen LogP contribution in [0.15, 0.2) is 34.9 Å². The Labute approximate surface area is 261 Å². The van der Waals surface area contributed by atoms with Gasteiger partial charge in [0.15, 0.2) is 10.9 Å². The topological polar surface area (TPSA) is 88.7 Å². The van der Waals surface area contributed by atoms with Gasteiger partial charge in [0.05, 0.1) is 33.0 Å². The van der Waals surface area contributed by atoms with Gasteiger partial charge in [-0.1, -0.05) is 52.2 Å². The van der Waals surface area contributed by atoms with E-state index in [4.69, 9.17) is 32.5 Å². The smallest absolute Gasteiger partial charge is 0.335 e. The van der Waals surface area contributed by atoms with Crippen LogP contribution in [0.4, 0.5) is 9.52 Å². The van der Waals surface area contributed by atoms with Crippen molar-refractivity contribution in [1.82, 2.24) is 10.1 Å². The Hall–Kier alpha value is -2.72. The van der Waals surface area contributed by atoms with Crippen LogP contribution in [0.1, 0.15) is 72.5 Å². The molecule has 3 heterocycles. The second kappa shape index (κ2) is 10.4. The van der Waals surface area contributed by atoms with Crippen molar-refractivity contribution >= 4 is 55.9 Å². The van der Waals surface area contributed by atoms with Crippen molar-refractivity contribution in [2.24, 2.45) is 17.3 Å². The van der Waals surface area contributed by atoms with Gasteiger partial charge in [-0.2, -0.15) is 0 Å². The lowest BCUT2D eigenvalue weighted by Crippen LogP contribution is -2.62. The fraction of sp³-hybridized carbons (Fsp3) is 0.469. The van der Waals surface area contributed by atoms with Crippen LogP contribution in [-0.2, 0) is 11.3 Å². The number of carboxylic acid groups (broad SMARTS) is 1. The molecule has 0 amide bonds. The number of aromatic carboxylic acids is 1. The molecule has 7 nitrogen and oxygen atoms in total. The first kappa shape index (κ1) is 27.8. The van der Waals surface area contributed by atoms with E-state index in [1.54, 1.807) is 0 Å². The van der Waals surface area contributed by atoms with E-state index in [0.29, 0.717) is 50.4 Å². The zero-order valence-electron chi connectivity index (χ0n) is 23.3. The van der Waals surface area contributed by atoms with Gasteiger partial charge in [0.1, 0.15) is 17.0 Å². The number of anilines is 1. The summed E-state index contributed by atoms with van der Waals surface area (Å²) >= 11 is 14.5. The number of fused-ring (bicyclic) bond motifs is 1. The van der Waals surface area contributed by atoms with Crippen molar-refractivity contribution in [3.05, 3.63) is 63.1 Å². The summed E-state index contributed by atoms with van der Waals surface area (Å²) in [7, 11) is 0. The molecule has 11 heteroatoms. The van der Waals surface area contributed by atoms with Crippen LogP contribution in [0, 0.1) is 23.1 Å². The maximum Gasteiger partial charge on any atom is 0.335 e. The Morgan fingerprint density at radius 3 is 2.53 bits per heavy atom. The highest BCUT2D eigenvalue weighted by Crippen LogP contribution is 2.61. The van der Waals surface area contributed by atoms with E-state index in [1.807, 2.05) is 18.2 Å². The predicted molar refractivity (Wildman–Crippen MR) is 164 cm³/mol. The standard InChI is InChI=1S/C32H30Cl2FN3O4S/c33-22-5-2-6-23(34)26(22)27-21(29(42-37-27)16-7-8-16)15-41-20-11-32(12-20)18-3-1-4-19(32)14-38(13-18)31-36-28-24(35)9-17(30(39)40)10-25(28)43-31/h2,5-6,9-10,16,18-20H,1,3-4,7-8,11-15H2,(H,39,40). The highest BCUT2D eigenvalue weighted by Gasteiger charge is 2.58. The Morgan fingerprint density at radius 1 is 1.14 bits per heavy atom. The fourth-order valence-electron chi connectivity index (χ4n) is 7.89. The average Bonchev–Trinajstić information content (AvgIpc) is 3.56. The summed E-state index contributed by atoms with van der Waals surface area (Å²) in [5, 5.41) is 15.6. The van der Waals surface area contributed by atoms with Crippen LogP contribution in [0.5, 0.6) is 0 Å². The third-order valence-electron chi connectivity index (χ3n) is 10.2. The first-order valence-electron chi connectivity index (χ1n) is 14.9. The number of aromatic nitrogens is 2. The average molecular weight is 643 g/mol. The lowest BCUT2D eigenvalue weighted by atomic mass is 9.48. The quantitative estimate of drug-likeness (QED) is 0.216. The summed E-state index contributed by atoms with van der Waals surface area (Å²) in [6.07, 6.45) is 7.94. The van der Waals surface area contributed by atoms with Gasteiger partial charge in [-0.3, -0.25) is 0 Å². The molecule has 8 rings (SSSR count). The molecule has 2 unspecified atom stereocenters. The van der Waals surface area contributed by atoms with Crippen LogP contribution in [-0.4, -0.2) is 40.4 Å². The third kappa shape index (κ3) is 4.66. The number of nitrogens with zero attached hydrogens (tertiary/aromatic N) is 3. The van der Waals surface area contributed by atoms with Gasteiger partial charge in [0.25, 0.3) is 0 Å². The van der Waals surface area contributed by atoms with Crippen LogP contribution in [0.3, 0.4) is 0 Å². The zero-order valence-corrected chi connectivity index (χ0v) is 25.7. The first-order valence-corrected chi connectivity index (χ1v) is 16.5. The lowest BCUT2D eigenvalue weighted by molar-refractivity contribution is -0.161. The van der Waals surface area contributed by atoms with Crippen LogP contribution < -0.4 is 4.90 Å². The third-order valence-corrected chi connectivity index (χ3v) is 11.9. The number of benzene rings is 2. The van der Waals surface area contributed by atoms with Gasteiger partial charge < -0.3 is 19.3 Å². The first-order chi connectivity index (χ1) is 20.8. The molecule has 0 radical (unpaired) electrons. The highest BCUT2D eigenvalue weighted by molar-refractivity contribution is 7.22. The molecule has 1 aliphatic heterocycles. The molecule has 224 valence electrons. The van der Waals surface area contributed by atoms with Crippen molar-refractivity contribution in [2.45, 2.75) is 63.6 Å². The summed E-state index contributed by atoms with van der Waals surface area (Å²) in [6.45, 7) is 2.18. The van der Waals surface area contributed by atoms with Crippen molar-refractivity contribution in [1.29, 1.82) is 0 Å². The molecule has 4 fully saturated rings. The fourth-order valence-corrected chi connectivity index (χ4v) is 9.50. The minimum atomic E-state index is -1.14. The van der Waals surface area contributed by atoms with Gasteiger partial charge in [-0.05, 0) is 80.0 Å². The molecular formula is C32H30Cl2FN3O4S. The molecule has 2 aromatic heterocycles. The van der Waals surface area contributed by atoms with Crippen LogP contribution >= 0.6 is 34.5 Å². The number of hydrogen-bond donors (Lipinski definition) is 1. The number of hydrogen-bond acceptors (Lipinski definition) is 7. The van der Waals surface area contributed by atoms with E-state index in [9.17, 15) is 14.3 Å². The molecule has 1 spiro atoms. The number of thiazole rings is 1. The van der Waals surface area contributed by atoms with Crippen LogP contribution in [0.2, 0.25) is 10.0 Å². The second-order valence-electron chi connectivity index (χ2n) is 12.7. The van der Waals surface area contributed by atoms with E-state index >= 15 is 0 Å². The normalized spacial score (nSPS) is 26.7. The molecule has 2 atom stereocenters. The Morgan fingerprint density at radius 2 is 1.86 bits per heavy atom. The Kier molecular flexibility index (Phi) is 6.74. The molecule has 1 saturated heterocycles. The molecule has 2 aromatic carbocycles. The van der Waals surface area contributed by atoms with Gasteiger partial charge in [0, 0.05) is 30.1 Å². The summed E-state index contributed by atoms with van der Waals surface area (Å²) in [6, 6.07) is 8.04. The van der Waals surface area contributed by atoms with E-state index in [0.717, 1.165) is 74.1 Å². The molecule has 4 aromatic rings. The van der Waals surface area contributed by atoms with E-state index in [1.165, 1.54) is 23.8 Å². The zero-order chi connectivity index (χ0) is 29.5. The van der Waals surface area contributed by atoms with Gasteiger partial charge in [-0.25, -0.2) is 14.2 Å². The van der Waals surface area contributed by atoms with Crippen molar-refractivity contribution in [3.8, 4) is 11.3 Å².